The van der Waals surface area contributed by atoms with Crippen molar-refractivity contribution in [2.75, 3.05) is 0 Å². The fourth-order valence-corrected chi connectivity index (χ4v) is 9.08. The molecule has 0 saturated carbocycles. The highest BCUT2D eigenvalue weighted by Gasteiger charge is 2.23. The van der Waals surface area contributed by atoms with E-state index in [9.17, 15) is 0 Å². The molecule has 3 heterocycles. The van der Waals surface area contributed by atoms with E-state index in [2.05, 4.69) is 196 Å². The summed E-state index contributed by atoms with van der Waals surface area (Å²) in [5, 5.41) is 6.25. The maximum Gasteiger partial charge on any atom is 0.0714 e. The van der Waals surface area contributed by atoms with Crippen LogP contribution in [0.15, 0.2) is 188 Å². The quantitative estimate of drug-likeness (QED) is 0.181. The third kappa shape index (κ3) is 4.15. The van der Waals surface area contributed by atoms with Gasteiger partial charge in [0.25, 0.3) is 0 Å². The third-order valence-corrected chi connectivity index (χ3v) is 11.5. The molecule has 3 nitrogen and oxygen atoms in total. The van der Waals surface area contributed by atoms with Crippen molar-refractivity contribution in [2.45, 2.75) is 0 Å². The van der Waals surface area contributed by atoms with Gasteiger partial charge in [0.15, 0.2) is 0 Å². The zero-order valence-corrected chi connectivity index (χ0v) is 29.2. The lowest BCUT2D eigenvalue weighted by Crippen LogP contribution is -1.93. The molecule has 0 bridgehead atoms. The van der Waals surface area contributed by atoms with Crippen molar-refractivity contribution in [1.82, 2.24) is 14.1 Å². The maximum atomic E-state index is 4.66. The van der Waals surface area contributed by atoms with Crippen LogP contribution in [-0.4, -0.2) is 14.1 Å². The molecule has 0 spiro atoms. The summed E-state index contributed by atoms with van der Waals surface area (Å²) in [4.78, 5) is 4.66. The summed E-state index contributed by atoms with van der Waals surface area (Å²) in [6.45, 7) is 0. The Morgan fingerprint density at radius 3 is 1.44 bits per heavy atom. The highest BCUT2D eigenvalue weighted by molar-refractivity contribution is 6.16. The molecule has 1 aliphatic rings. The minimum absolute atomic E-state index is 1.05. The number of hydrogen-bond donors (Lipinski definition) is 0. The van der Waals surface area contributed by atoms with Crippen molar-refractivity contribution in [1.29, 1.82) is 0 Å². The SMILES string of the molecule is c1ccc(-n2c3ccccc3c3cc(-c4ccc5c(c4)c4cc(-c6ccc7c(c6)-c6cccc8nccc-7c68)ccc4n5-c4ccccc4)ccc32)cc1. The second-order valence-electron chi connectivity index (χ2n) is 14.4. The number of hydrogen-bond acceptors (Lipinski definition) is 1. The van der Waals surface area contributed by atoms with Crippen LogP contribution in [-0.2, 0) is 0 Å². The van der Waals surface area contributed by atoms with E-state index in [1.165, 1.54) is 99.2 Å². The van der Waals surface area contributed by atoms with E-state index in [1.54, 1.807) is 0 Å². The van der Waals surface area contributed by atoms with Crippen molar-refractivity contribution >= 4 is 54.5 Å². The molecule has 0 fully saturated rings. The van der Waals surface area contributed by atoms with Gasteiger partial charge in [0, 0.05) is 44.5 Å². The second kappa shape index (κ2) is 11.1. The molecule has 54 heavy (non-hydrogen) atoms. The molecule has 250 valence electrons. The lowest BCUT2D eigenvalue weighted by Gasteiger charge is -2.09. The van der Waals surface area contributed by atoms with E-state index in [0.29, 0.717) is 0 Å². The van der Waals surface area contributed by atoms with Crippen LogP contribution in [0.4, 0.5) is 0 Å². The van der Waals surface area contributed by atoms with E-state index in [1.807, 2.05) is 6.20 Å². The molecule has 3 aromatic heterocycles. The molecule has 8 aromatic carbocycles. The topological polar surface area (TPSA) is 22.8 Å². The van der Waals surface area contributed by atoms with Gasteiger partial charge < -0.3 is 9.13 Å². The average molecular weight is 686 g/mol. The lowest BCUT2D eigenvalue weighted by molar-refractivity contribution is 1.18. The monoisotopic (exact) mass is 685 g/mol. The van der Waals surface area contributed by atoms with Gasteiger partial charge in [0.2, 0.25) is 0 Å². The lowest BCUT2D eigenvalue weighted by atomic mass is 9.96. The van der Waals surface area contributed by atoms with Gasteiger partial charge in [-0.15, -0.1) is 0 Å². The number of para-hydroxylation sites is 3. The predicted octanol–water partition coefficient (Wildman–Crippen LogP) is 13.4. The molecule has 0 amide bonds. The zero-order valence-electron chi connectivity index (χ0n) is 29.2. The zero-order chi connectivity index (χ0) is 35.3. The van der Waals surface area contributed by atoms with Crippen LogP contribution in [0.1, 0.15) is 0 Å². The van der Waals surface area contributed by atoms with Crippen LogP contribution in [0, 0.1) is 0 Å². The van der Waals surface area contributed by atoms with Crippen LogP contribution in [0.5, 0.6) is 0 Å². The van der Waals surface area contributed by atoms with Crippen molar-refractivity contribution in [3.63, 3.8) is 0 Å². The molecule has 3 heteroatoms. The molecule has 1 aliphatic carbocycles. The summed E-state index contributed by atoms with van der Waals surface area (Å²) in [6.07, 6.45) is 1.93. The molecule has 0 N–H and O–H groups in total. The molecule has 0 atom stereocenters. The number of nitrogens with zero attached hydrogens (tertiary/aromatic N) is 3. The summed E-state index contributed by atoms with van der Waals surface area (Å²) in [7, 11) is 0. The van der Waals surface area contributed by atoms with Gasteiger partial charge >= 0.3 is 0 Å². The van der Waals surface area contributed by atoms with Gasteiger partial charge in [-0.2, -0.15) is 0 Å². The highest BCUT2D eigenvalue weighted by Crippen LogP contribution is 2.48. The van der Waals surface area contributed by atoms with Crippen molar-refractivity contribution in [3.05, 3.63) is 188 Å². The summed E-state index contributed by atoms with van der Waals surface area (Å²) in [6, 6.07) is 66.6. The van der Waals surface area contributed by atoms with E-state index >= 15 is 0 Å². The molecule has 0 saturated heterocycles. The maximum absolute atomic E-state index is 4.66. The van der Waals surface area contributed by atoms with Crippen molar-refractivity contribution in [2.24, 2.45) is 0 Å². The molecular weight excluding hydrogens is 655 g/mol. The minimum Gasteiger partial charge on any atom is -0.309 e. The van der Waals surface area contributed by atoms with Gasteiger partial charge in [-0.3, -0.25) is 4.98 Å². The van der Waals surface area contributed by atoms with Gasteiger partial charge in [0.05, 0.1) is 27.6 Å². The van der Waals surface area contributed by atoms with E-state index in [0.717, 1.165) is 11.2 Å². The first kappa shape index (κ1) is 29.4. The summed E-state index contributed by atoms with van der Waals surface area (Å²) < 4.78 is 4.78. The standard InChI is InChI=1S/C51H31N3/c1-3-10-36(11-4-1)53-47-17-8-7-14-39(47)43-29-33(19-23-48(43)53)35-21-25-50-45(31-35)44-30-34(20-24-49(44)54(50)37-12-5-2-6-13-37)32-18-22-38-41-26-27-52-46-16-9-15-40(51(41)46)42(38)28-32/h1-31H. The Labute approximate surface area is 311 Å². The average Bonchev–Trinajstić information content (AvgIpc) is 3.87. The fourth-order valence-electron chi connectivity index (χ4n) is 9.08. The van der Waals surface area contributed by atoms with Gasteiger partial charge in [0.1, 0.15) is 0 Å². The van der Waals surface area contributed by atoms with E-state index in [4.69, 9.17) is 0 Å². The summed E-state index contributed by atoms with van der Waals surface area (Å²) in [5.41, 5.74) is 18.1. The predicted molar refractivity (Wildman–Crippen MR) is 226 cm³/mol. The number of benzene rings is 8. The van der Waals surface area contributed by atoms with Crippen molar-refractivity contribution in [3.8, 4) is 55.9 Å². The number of aromatic nitrogens is 3. The van der Waals surface area contributed by atoms with Crippen LogP contribution < -0.4 is 0 Å². The molecule has 0 unspecified atom stereocenters. The van der Waals surface area contributed by atoms with Crippen molar-refractivity contribution < 1.29 is 0 Å². The number of pyridine rings is 1. The molecule has 0 aliphatic heterocycles. The first-order valence-electron chi connectivity index (χ1n) is 18.5. The van der Waals surface area contributed by atoms with Gasteiger partial charge in [-0.05, 0) is 129 Å². The van der Waals surface area contributed by atoms with Crippen LogP contribution in [0.2, 0.25) is 0 Å². The van der Waals surface area contributed by atoms with E-state index < -0.39 is 0 Å². The first-order valence-corrected chi connectivity index (χ1v) is 18.5. The summed E-state index contributed by atoms with van der Waals surface area (Å²) >= 11 is 0. The molecule has 12 rings (SSSR count). The van der Waals surface area contributed by atoms with Crippen LogP contribution in [0.25, 0.3) is 110 Å². The Morgan fingerprint density at radius 2 is 0.815 bits per heavy atom. The molecular formula is C51H31N3. The van der Waals surface area contributed by atoms with E-state index in [-0.39, 0.29) is 0 Å². The fraction of sp³-hybridized carbons (Fsp3) is 0. The number of fused-ring (bicyclic) bond motifs is 9. The Balaban J connectivity index is 1.05. The second-order valence-corrected chi connectivity index (χ2v) is 14.4. The minimum atomic E-state index is 1.05. The number of rotatable bonds is 4. The smallest absolute Gasteiger partial charge is 0.0714 e. The molecule has 11 aromatic rings. The first-order chi connectivity index (χ1) is 26.8. The van der Waals surface area contributed by atoms with Gasteiger partial charge in [-0.1, -0.05) is 97.1 Å². The highest BCUT2D eigenvalue weighted by atomic mass is 15.0. The Morgan fingerprint density at radius 1 is 0.315 bits per heavy atom. The Bertz CT molecular complexity index is 3310. The third-order valence-electron chi connectivity index (χ3n) is 11.5. The van der Waals surface area contributed by atoms with Crippen LogP contribution in [0.3, 0.4) is 0 Å². The van der Waals surface area contributed by atoms with Gasteiger partial charge in [-0.25, -0.2) is 0 Å². The summed E-state index contributed by atoms with van der Waals surface area (Å²) in [5.74, 6) is 0. The molecule has 0 radical (unpaired) electrons. The largest absolute Gasteiger partial charge is 0.309 e. The Kier molecular flexibility index (Phi) is 6.05. The Hall–Kier alpha value is -7.23. The van der Waals surface area contributed by atoms with Crippen LogP contribution >= 0.6 is 0 Å². The normalized spacial score (nSPS) is 12.1.